The molecule has 0 aliphatic heterocycles. The molecular formula is C17H18BrNO2. The fourth-order valence-corrected chi connectivity index (χ4v) is 2.77. The number of nitrogens with one attached hydrogen (secondary N) is 1. The number of aryl methyl sites for hydroxylation is 2. The van der Waals surface area contributed by atoms with Crippen LogP contribution in [0.15, 0.2) is 46.9 Å². The van der Waals surface area contributed by atoms with Crippen molar-refractivity contribution in [3.8, 4) is 0 Å². The van der Waals surface area contributed by atoms with Crippen molar-refractivity contribution in [2.75, 3.05) is 11.9 Å². The van der Waals surface area contributed by atoms with Crippen LogP contribution in [0.25, 0.3) is 0 Å². The van der Waals surface area contributed by atoms with Gasteiger partial charge in [-0.2, -0.15) is 0 Å². The van der Waals surface area contributed by atoms with Gasteiger partial charge in [0.15, 0.2) is 0 Å². The lowest BCUT2D eigenvalue weighted by Gasteiger charge is -2.08. The van der Waals surface area contributed by atoms with Crippen molar-refractivity contribution < 1.29 is 9.90 Å². The van der Waals surface area contributed by atoms with Crippen molar-refractivity contribution in [2.24, 2.45) is 0 Å². The van der Waals surface area contributed by atoms with Crippen molar-refractivity contribution in [3.63, 3.8) is 0 Å². The maximum atomic E-state index is 12.3. The van der Waals surface area contributed by atoms with Gasteiger partial charge in [-0.05, 0) is 61.2 Å². The highest BCUT2D eigenvalue weighted by Crippen LogP contribution is 2.18. The number of aliphatic hydroxyl groups excluding tert-OH is 1. The first-order valence-electron chi connectivity index (χ1n) is 6.87. The van der Waals surface area contributed by atoms with E-state index in [9.17, 15) is 4.79 Å². The molecule has 2 rings (SSSR count). The minimum Gasteiger partial charge on any atom is -0.396 e. The third-order valence-electron chi connectivity index (χ3n) is 3.11. The summed E-state index contributed by atoms with van der Waals surface area (Å²) in [6, 6.07) is 13.3. The Morgan fingerprint density at radius 2 is 2.05 bits per heavy atom. The number of rotatable bonds is 5. The van der Waals surface area contributed by atoms with E-state index >= 15 is 0 Å². The van der Waals surface area contributed by atoms with Crippen LogP contribution in [0.4, 0.5) is 5.69 Å². The Hall–Kier alpha value is -1.65. The summed E-state index contributed by atoms with van der Waals surface area (Å²) in [7, 11) is 0. The van der Waals surface area contributed by atoms with Crippen molar-refractivity contribution in [1.29, 1.82) is 0 Å². The zero-order valence-corrected chi connectivity index (χ0v) is 13.5. The van der Waals surface area contributed by atoms with Crippen LogP contribution in [0.1, 0.15) is 27.9 Å². The van der Waals surface area contributed by atoms with Crippen LogP contribution in [-0.4, -0.2) is 17.6 Å². The molecule has 2 aromatic carbocycles. The Morgan fingerprint density at radius 3 is 2.76 bits per heavy atom. The Bertz CT molecular complexity index is 620. The summed E-state index contributed by atoms with van der Waals surface area (Å²) in [6.07, 6.45) is 1.53. The molecule has 0 bridgehead atoms. The first-order chi connectivity index (χ1) is 10.1. The quantitative estimate of drug-likeness (QED) is 0.860. The maximum absolute atomic E-state index is 12.3. The molecule has 21 heavy (non-hydrogen) atoms. The third kappa shape index (κ3) is 4.69. The van der Waals surface area contributed by atoms with E-state index in [1.54, 1.807) is 6.07 Å². The monoisotopic (exact) mass is 347 g/mol. The number of anilines is 1. The van der Waals surface area contributed by atoms with Crippen LogP contribution < -0.4 is 5.32 Å². The lowest BCUT2D eigenvalue weighted by atomic mass is 10.1. The molecule has 0 atom stereocenters. The zero-order chi connectivity index (χ0) is 15.2. The van der Waals surface area contributed by atoms with Crippen molar-refractivity contribution >= 4 is 27.5 Å². The van der Waals surface area contributed by atoms with Crippen LogP contribution in [0.5, 0.6) is 0 Å². The van der Waals surface area contributed by atoms with Gasteiger partial charge in [0.25, 0.3) is 5.91 Å². The lowest BCUT2D eigenvalue weighted by molar-refractivity contribution is 0.102. The molecule has 0 spiro atoms. The average molecular weight is 348 g/mol. The number of benzene rings is 2. The first-order valence-corrected chi connectivity index (χ1v) is 7.66. The highest BCUT2D eigenvalue weighted by molar-refractivity contribution is 9.10. The van der Waals surface area contributed by atoms with E-state index in [-0.39, 0.29) is 12.5 Å². The molecule has 2 N–H and O–H groups in total. The standard InChI is InChI=1S/C17H18BrNO2/c1-12-8-14(11-15(18)9-12)17(21)19-16-6-2-4-13(10-16)5-3-7-20/h2,4,6,8-11,20H,3,5,7H2,1H3,(H,19,21). The summed E-state index contributed by atoms with van der Waals surface area (Å²) in [5.74, 6) is -0.126. The number of halogens is 1. The maximum Gasteiger partial charge on any atom is 0.255 e. The summed E-state index contributed by atoms with van der Waals surface area (Å²) >= 11 is 3.40. The average Bonchev–Trinajstić information content (AvgIpc) is 2.44. The molecule has 0 fully saturated rings. The fourth-order valence-electron chi connectivity index (χ4n) is 2.16. The van der Waals surface area contributed by atoms with Crippen molar-refractivity contribution in [2.45, 2.75) is 19.8 Å². The molecular weight excluding hydrogens is 330 g/mol. The highest BCUT2D eigenvalue weighted by atomic mass is 79.9. The smallest absolute Gasteiger partial charge is 0.255 e. The summed E-state index contributed by atoms with van der Waals surface area (Å²) in [5.41, 5.74) is 3.54. The predicted octanol–water partition coefficient (Wildman–Crippen LogP) is 3.93. The zero-order valence-electron chi connectivity index (χ0n) is 11.9. The number of amides is 1. The third-order valence-corrected chi connectivity index (χ3v) is 3.57. The van der Waals surface area contributed by atoms with E-state index in [1.165, 1.54) is 0 Å². The lowest BCUT2D eigenvalue weighted by Crippen LogP contribution is -2.12. The van der Waals surface area contributed by atoms with Crippen LogP contribution in [0.3, 0.4) is 0 Å². The van der Waals surface area contributed by atoms with Crippen molar-refractivity contribution in [3.05, 3.63) is 63.6 Å². The molecule has 2 aromatic rings. The summed E-state index contributed by atoms with van der Waals surface area (Å²) in [4.78, 5) is 12.3. The molecule has 0 aromatic heterocycles. The van der Waals surface area contributed by atoms with Crippen molar-refractivity contribution in [1.82, 2.24) is 0 Å². The SMILES string of the molecule is Cc1cc(Br)cc(C(=O)Nc2cccc(CCCO)c2)c1. The Labute approximate surface area is 133 Å². The topological polar surface area (TPSA) is 49.3 Å². The molecule has 0 heterocycles. The van der Waals surface area contributed by atoms with Gasteiger partial charge in [-0.15, -0.1) is 0 Å². The largest absolute Gasteiger partial charge is 0.396 e. The predicted molar refractivity (Wildman–Crippen MR) is 88.7 cm³/mol. The number of carbonyl (C=O) groups is 1. The van der Waals surface area contributed by atoms with Gasteiger partial charge in [-0.3, -0.25) is 4.79 Å². The second kappa shape index (κ2) is 7.38. The van der Waals surface area contributed by atoms with Gasteiger partial charge in [0.1, 0.15) is 0 Å². The number of aliphatic hydroxyl groups is 1. The van der Waals surface area contributed by atoms with Gasteiger partial charge in [0.2, 0.25) is 0 Å². The number of carbonyl (C=O) groups excluding carboxylic acids is 1. The molecule has 4 heteroatoms. The van der Waals surface area contributed by atoms with E-state index in [0.29, 0.717) is 5.56 Å². The fraction of sp³-hybridized carbons (Fsp3) is 0.235. The van der Waals surface area contributed by atoms with Crippen LogP contribution in [0.2, 0.25) is 0 Å². The van der Waals surface area contributed by atoms with Crippen LogP contribution in [-0.2, 0) is 6.42 Å². The first kappa shape index (κ1) is 15.7. The molecule has 3 nitrogen and oxygen atoms in total. The van der Waals surface area contributed by atoms with E-state index in [0.717, 1.165) is 34.1 Å². The number of hydrogen-bond acceptors (Lipinski definition) is 2. The van der Waals surface area contributed by atoms with Gasteiger partial charge < -0.3 is 10.4 Å². The van der Waals surface area contributed by atoms with Gasteiger partial charge >= 0.3 is 0 Å². The highest BCUT2D eigenvalue weighted by Gasteiger charge is 2.08. The van der Waals surface area contributed by atoms with Crippen LogP contribution >= 0.6 is 15.9 Å². The molecule has 0 aliphatic carbocycles. The number of hydrogen-bond donors (Lipinski definition) is 2. The van der Waals surface area contributed by atoms with Gasteiger partial charge in [-0.1, -0.05) is 28.1 Å². The Kier molecular flexibility index (Phi) is 5.53. The molecule has 110 valence electrons. The van der Waals surface area contributed by atoms with Gasteiger partial charge in [0.05, 0.1) is 0 Å². The molecule has 0 saturated heterocycles. The van der Waals surface area contributed by atoms with E-state index in [4.69, 9.17) is 5.11 Å². The second-order valence-corrected chi connectivity index (χ2v) is 5.91. The molecule has 0 radical (unpaired) electrons. The van der Waals surface area contributed by atoms with Gasteiger partial charge in [-0.25, -0.2) is 0 Å². The Morgan fingerprint density at radius 1 is 1.24 bits per heavy atom. The molecule has 0 unspecified atom stereocenters. The second-order valence-electron chi connectivity index (χ2n) is 5.00. The van der Waals surface area contributed by atoms with E-state index < -0.39 is 0 Å². The summed E-state index contributed by atoms with van der Waals surface area (Å²) < 4.78 is 0.893. The molecule has 0 saturated carbocycles. The summed E-state index contributed by atoms with van der Waals surface area (Å²) in [6.45, 7) is 2.13. The molecule has 1 amide bonds. The van der Waals surface area contributed by atoms with Gasteiger partial charge in [0, 0.05) is 22.3 Å². The van der Waals surface area contributed by atoms with E-state index in [2.05, 4.69) is 21.2 Å². The van der Waals surface area contributed by atoms with E-state index in [1.807, 2.05) is 43.3 Å². The minimum absolute atomic E-state index is 0.126. The molecule has 0 aliphatic rings. The normalized spacial score (nSPS) is 10.4. The Balaban J connectivity index is 2.11. The summed E-state index contributed by atoms with van der Waals surface area (Å²) in [5, 5.41) is 11.8. The van der Waals surface area contributed by atoms with Crippen LogP contribution in [0, 0.1) is 6.92 Å². The minimum atomic E-state index is -0.126.